The molecule has 0 fully saturated rings. The van der Waals surface area contributed by atoms with Crippen molar-refractivity contribution in [3.8, 4) is 5.88 Å². The van der Waals surface area contributed by atoms with E-state index in [1.54, 1.807) is 0 Å². The summed E-state index contributed by atoms with van der Waals surface area (Å²) in [5.74, 6) is 0.548. The zero-order valence-corrected chi connectivity index (χ0v) is 13.0. The molecular formula is C15H25ClN2O. The summed E-state index contributed by atoms with van der Waals surface area (Å²) in [4.78, 5) is 4.28. The van der Waals surface area contributed by atoms with E-state index in [0.29, 0.717) is 23.6 Å². The number of aromatic nitrogens is 1. The van der Waals surface area contributed by atoms with Crippen molar-refractivity contribution < 1.29 is 4.74 Å². The summed E-state index contributed by atoms with van der Waals surface area (Å²) < 4.78 is 5.60. The number of hydrogen-bond acceptors (Lipinski definition) is 3. The number of ether oxygens (including phenoxy) is 1. The molecule has 19 heavy (non-hydrogen) atoms. The summed E-state index contributed by atoms with van der Waals surface area (Å²) >= 11 is 6.17. The minimum Gasteiger partial charge on any atom is -0.477 e. The van der Waals surface area contributed by atoms with E-state index in [1.807, 2.05) is 12.3 Å². The van der Waals surface area contributed by atoms with Crippen LogP contribution in [-0.4, -0.2) is 17.6 Å². The first-order valence-electron chi connectivity index (χ1n) is 7.14. The van der Waals surface area contributed by atoms with Crippen LogP contribution in [-0.2, 0) is 6.54 Å². The minimum atomic E-state index is 0.452. The van der Waals surface area contributed by atoms with Crippen molar-refractivity contribution in [2.75, 3.05) is 6.61 Å². The fraction of sp³-hybridized carbons (Fsp3) is 0.667. The van der Waals surface area contributed by atoms with E-state index in [-0.39, 0.29) is 0 Å². The van der Waals surface area contributed by atoms with Gasteiger partial charge in [0.15, 0.2) is 0 Å². The number of nitrogens with zero attached hydrogens (tertiary/aromatic N) is 1. The van der Waals surface area contributed by atoms with Crippen LogP contribution >= 0.6 is 11.6 Å². The molecule has 0 aromatic carbocycles. The normalized spacial score (nSPS) is 11.0. The van der Waals surface area contributed by atoms with Crippen LogP contribution in [0.2, 0.25) is 5.02 Å². The molecule has 0 radical (unpaired) electrons. The van der Waals surface area contributed by atoms with E-state index in [2.05, 4.69) is 31.1 Å². The first-order valence-corrected chi connectivity index (χ1v) is 7.52. The summed E-state index contributed by atoms with van der Waals surface area (Å²) in [7, 11) is 0. The fourth-order valence-corrected chi connectivity index (χ4v) is 1.93. The molecule has 0 saturated heterocycles. The third-order valence-corrected chi connectivity index (χ3v) is 3.09. The van der Waals surface area contributed by atoms with E-state index < -0.39 is 0 Å². The largest absolute Gasteiger partial charge is 0.477 e. The SMILES string of the molecule is CCCCCCOc1ncc(CNC(C)C)cc1Cl. The summed E-state index contributed by atoms with van der Waals surface area (Å²) in [5.41, 5.74) is 1.08. The molecule has 0 saturated carbocycles. The first kappa shape index (κ1) is 16.3. The molecule has 0 aliphatic carbocycles. The molecule has 3 nitrogen and oxygen atoms in total. The van der Waals surface area contributed by atoms with Gasteiger partial charge in [-0.3, -0.25) is 0 Å². The second-order valence-corrected chi connectivity index (χ2v) is 5.48. The Hall–Kier alpha value is -0.800. The average molecular weight is 285 g/mol. The Bertz CT molecular complexity index is 369. The highest BCUT2D eigenvalue weighted by molar-refractivity contribution is 6.31. The van der Waals surface area contributed by atoms with Gasteiger partial charge in [0, 0.05) is 18.8 Å². The highest BCUT2D eigenvalue weighted by Gasteiger charge is 2.05. The number of hydrogen-bond donors (Lipinski definition) is 1. The zero-order valence-electron chi connectivity index (χ0n) is 12.2. The zero-order chi connectivity index (χ0) is 14.1. The Morgan fingerprint density at radius 3 is 2.74 bits per heavy atom. The summed E-state index contributed by atoms with van der Waals surface area (Å²) in [6.07, 6.45) is 6.57. The maximum Gasteiger partial charge on any atom is 0.232 e. The molecular weight excluding hydrogens is 260 g/mol. The molecule has 108 valence electrons. The maximum absolute atomic E-state index is 6.17. The topological polar surface area (TPSA) is 34.1 Å². The van der Waals surface area contributed by atoms with Crippen molar-refractivity contribution in [3.05, 3.63) is 22.8 Å². The first-order chi connectivity index (χ1) is 9.13. The Labute approximate surface area is 121 Å². The van der Waals surface area contributed by atoms with Crippen molar-refractivity contribution in [1.82, 2.24) is 10.3 Å². The van der Waals surface area contributed by atoms with Crippen LogP contribution in [0.25, 0.3) is 0 Å². The van der Waals surface area contributed by atoms with E-state index in [9.17, 15) is 0 Å². The highest BCUT2D eigenvalue weighted by atomic mass is 35.5. The van der Waals surface area contributed by atoms with Gasteiger partial charge in [0.1, 0.15) is 5.02 Å². The number of halogens is 1. The van der Waals surface area contributed by atoms with Crippen molar-refractivity contribution in [2.45, 2.75) is 59.0 Å². The number of unbranched alkanes of at least 4 members (excludes halogenated alkanes) is 3. The quantitative estimate of drug-likeness (QED) is 0.690. The molecule has 4 heteroatoms. The van der Waals surface area contributed by atoms with Crippen molar-refractivity contribution in [1.29, 1.82) is 0 Å². The van der Waals surface area contributed by atoms with Gasteiger partial charge < -0.3 is 10.1 Å². The molecule has 0 aliphatic heterocycles. The van der Waals surface area contributed by atoms with Crippen molar-refractivity contribution >= 4 is 11.6 Å². The summed E-state index contributed by atoms with van der Waals surface area (Å²) in [6, 6.07) is 2.37. The molecule has 0 bridgehead atoms. The lowest BCUT2D eigenvalue weighted by Gasteiger charge is -2.10. The molecule has 0 atom stereocenters. The Kier molecular flexibility index (Phi) is 7.84. The van der Waals surface area contributed by atoms with Crippen LogP contribution in [0, 0.1) is 0 Å². The fourth-order valence-electron chi connectivity index (χ4n) is 1.69. The van der Waals surface area contributed by atoms with Gasteiger partial charge in [-0.15, -0.1) is 0 Å². The Balaban J connectivity index is 2.39. The number of pyridine rings is 1. The van der Waals surface area contributed by atoms with Gasteiger partial charge >= 0.3 is 0 Å². The van der Waals surface area contributed by atoms with E-state index in [0.717, 1.165) is 18.5 Å². The minimum absolute atomic E-state index is 0.452. The molecule has 0 unspecified atom stereocenters. The van der Waals surface area contributed by atoms with Crippen molar-refractivity contribution in [3.63, 3.8) is 0 Å². The monoisotopic (exact) mass is 284 g/mol. The van der Waals surface area contributed by atoms with Gasteiger partial charge in [0.2, 0.25) is 5.88 Å². The average Bonchev–Trinajstić information content (AvgIpc) is 2.38. The van der Waals surface area contributed by atoms with Crippen LogP contribution in [0.1, 0.15) is 52.0 Å². The molecule has 0 spiro atoms. The van der Waals surface area contributed by atoms with Crippen LogP contribution in [0.4, 0.5) is 0 Å². The van der Waals surface area contributed by atoms with Gasteiger partial charge in [-0.2, -0.15) is 0 Å². The second-order valence-electron chi connectivity index (χ2n) is 5.08. The predicted molar refractivity (Wildman–Crippen MR) is 80.9 cm³/mol. The van der Waals surface area contributed by atoms with E-state index in [4.69, 9.17) is 16.3 Å². The standard InChI is InChI=1S/C15H25ClN2O/c1-4-5-6-7-8-19-15-14(16)9-13(11-18-15)10-17-12(2)3/h9,11-12,17H,4-8,10H2,1-3H3. The molecule has 1 rings (SSSR count). The highest BCUT2D eigenvalue weighted by Crippen LogP contribution is 2.22. The smallest absolute Gasteiger partial charge is 0.232 e. The van der Waals surface area contributed by atoms with Gasteiger partial charge in [-0.25, -0.2) is 4.98 Å². The molecule has 0 aliphatic rings. The van der Waals surface area contributed by atoms with E-state index >= 15 is 0 Å². The van der Waals surface area contributed by atoms with Crippen LogP contribution in [0.3, 0.4) is 0 Å². The lowest BCUT2D eigenvalue weighted by molar-refractivity contribution is 0.294. The van der Waals surface area contributed by atoms with Crippen LogP contribution < -0.4 is 10.1 Å². The third kappa shape index (κ3) is 6.79. The molecule has 0 amide bonds. The van der Waals surface area contributed by atoms with Gasteiger partial charge in [-0.1, -0.05) is 51.6 Å². The van der Waals surface area contributed by atoms with Gasteiger partial charge in [0.25, 0.3) is 0 Å². The van der Waals surface area contributed by atoms with Crippen molar-refractivity contribution in [2.24, 2.45) is 0 Å². The number of nitrogens with one attached hydrogen (secondary N) is 1. The van der Waals surface area contributed by atoms with Crippen LogP contribution in [0.5, 0.6) is 5.88 Å². The molecule has 1 heterocycles. The Morgan fingerprint density at radius 2 is 2.11 bits per heavy atom. The molecule has 1 aromatic rings. The number of rotatable bonds is 9. The second kappa shape index (κ2) is 9.16. The van der Waals surface area contributed by atoms with Crippen LogP contribution in [0.15, 0.2) is 12.3 Å². The van der Waals surface area contributed by atoms with Gasteiger partial charge in [0.05, 0.1) is 6.61 Å². The van der Waals surface area contributed by atoms with Gasteiger partial charge in [-0.05, 0) is 18.1 Å². The lowest BCUT2D eigenvalue weighted by atomic mass is 10.2. The molecule has 1 aromatic heterocycles. The molecule has 1 N–H and O–H groups in total. The lowest BCUT2D eigenvalue weighted by Crippen LogP contribution is -2.21. The Morgan fingerprint density at radius 1 is 1.32 bits per heavy atom. The van der Waals surface area contributed by atoms with E-state index in [1.165, 1.54) is 19.3 Å². The third-order valence-electron chi connectivity index (χ3n) is 2.82. The summed E-state index contributed by atoms with van der Waals surface area (Å²) in [6.45, 7) is 7.90. The maximum atomic E-state index is 6.17. The predicted octanol–water partition coefficient (Wildman–Crippen LogP) is 4.19. The summed E-state index contributed by atoms with van der Waals surface area (Å²) in [5, 5.41) is 3.93.